The number of amides is 3. The molecule has 1 aliphatic rings. The van der Waals surface area contributed by atoms with E-state index in [-0.39, 0.29) is 11.6 Å². The number of hydrogen-bond donors (Lipinski definition) is 2. The van der Waals surface area contributed by atoms with Crippen molar-refractivity contribution >= 4 is 39.8 Å². The summed E-state index contributed by atoms with van der Waals surface area (Å²) in [6, 6.07) is 12.6. The van der Waals surface area contributed by atoms with Gasteiger partial charge in [-0.05, 0) is 49.2 Å². The lowest BCUT2D eigenvalue weighted by molar-refractivity contribution is -0.119. The van der Waals surface area contributed by atoms with Crippen LogP contribution >= 0.6 is 11.3 Å². The van der Waals surface area contributed by atoms with Gasteiger partial charge in [0.25, 0.3) is 0 Å². The summed E-state index contributed by atoms with van der Waals surface area (Å²) in [6.45, 7) is 0.415. The van der Waals surface area contributed by atoms with E-state index in [9.17, 15) is 14.0 Å². The molecule has 0 bridgehead atoms. The molecule has 4 rings (SSSR count). The Labute approximate surface area is 189 Å². The Balaban J connectivity index is 1.41. The fourth-order valence-corrected chi connectivity index (χ4v) is 4.27. The lowest BCUT2D eigenvalue weighted by Gasteiger charge is -2.23. The van der Waals surface area contributed by atoms with Crippen LogP contribution < -0.4 is 15.5 Å². The first-order valence-corrected chi connectivity index (χ1v) is 11.0. The minimum atomic E-state index is -0.659. The highest BCUT2D eigenvalue weighted by Gasteiger charge is 2.35. The molecule has 3 amide bonds. The van der Waals surface area contributed by atoms with Gasteiger partial charge in [-0.25, -0.2) is 9.18 Å². The minimum absolute atomic E-state index is 0.0811. The largest absolute Gasteiger partial charge is 0.378 e. The van der Waals surface area contributed by atoms with Gasteiger partial charge in [-0.15, -0.1) is 10.2 Å². The first-order valence-electron chi connectivity index (χ1n) is 10.2. The number of nitrogens with one attached hydrogen (secondary N) is 2. The van der Waals surface area contributed by atoms with Crippen LogP contribution in [0.1, 0.15) is 12.8 Å². The summed E-state index contributed by atoms with van der Waals surface area (Å²) in [5, 5.41) is 14.6. The second-order valence-corrected chi connectivity index (χ2v) is 8.58. The van der Waals surface area contributed by atoms with Crippen molar-refractivity contribution in [2.75, 3.05) is 36.2 Å². The fraction of sp³-hybridized carbons (Fsp3) is 0.273. The van der Waals surface area contributed by atoms with Crippen molar-refractivity contribution < 1.29 is 14.0 Å². The number of halogens is 1. The lowest BCUT2D eigenvalue weighted by Crippen LogP contribution is -2.45. The van der Waals surface area contributed by atoms with E-state index >= 15 is 0 Å². The molecule has 8 nitrogen and oxygen atoms in total. The Bertz CT molecular complexity index is 1120. The van der Waals surface area contributed by atoms with Crippen LogP contribution in [0.4, 0.5) is 25.7 Å². The molecule has 166 valence electrons. The van der Waals surface area contributed by atoms with Crippen LogP contribution in [0, 0.1) is 5.82 Å². The summed E-state index contributed by atoms with van der Waals surface area (Å²) < 4.78 is 13.9. The minimum Gasteiger partial charge on any atom is -0.378 e. The standard InChI is InChI=1S/C22H23FN6O2S/c1-28(2)15-11-9-14(10-12-15)20-26-27-21(32-20)25-19(30)18-8-5-13-29(18)22(31)24-17-7-4-3-6-16(17)23/h3-4,6-7,9-12,18H,5,8,13H2,1-2H3,(H,24,31)(H,25,27,30). The van der Waals surface area contributed by atoms with E-state index < -0.39 is 17.9 Å². The molecule has 1 aliphatic heterocycles. The van der Waals surface area contributed by atoms with Gasteiger partial charge in [0.15, 0.2) is 0 Å². The molecule has 1 atom stereocenters. The molecule has 1 aromatic heterocycles. The number of rotatable bonds is 5. The topological polar surface area (TPSA) is 90.5 Å². The predicted molar refractivity (Wildman–Crippen MR) is 123 cm³/mol. The second kappa shape index (κ2) is 9.31. The summed E-state index contributed by atoms with van der Waals surface area (Å²) in [7, 11) is 3.94. The highest BCUT2D eigenvalue weighted by molar-refractivity contribution is 7.18. The van der Waals surface area contributed by atoms with Gasteiger partial charge in [0, 0.05) is 31.9 Å². The van der Waals surface area contributed by atoms with E-state index in [0.29, 0.717) is 29.5 Å². The molecule has 0 saturated carbocycles. The van der Waals surface area contributed by atoms with E-state index in [1.807, 2.05) is 43.3 Å². The van der Waals surface area contributed by atoms with Crippen molar-refractivity contribution in [3.8, 4) is 10.6 Å². The predicted octanol–water partition coefficient (Wildman–Crippen LogP) is 4.05. The van der Waals surface area contributed by atoms with Crippen molar-refractivity contribution in [3.05, 3.63) is 54.3 Å². The number of anilines is 3. The van der Waals surface area contributed by atoms with E-state index in [2.05, 4.69) is 20.8 Å². The quantitative estimate of drug-likeness (QED) is 0.607. The van der Waals surface area contributed by atoms with Crippen LogP contribution in [0.2, 0.25) is 0 Å². The summed E-state index contributed by atoms with van der Waals surface area (Å²) in [4.78, 5) is 28.9. The maximum atomic E-state index is 13.9. The van der Waals surface area contributed by atoms with E-state index in [1.165, 1.54) is 28.4 Å². The molecule has 0 radical (unpaired) electrons. The second-order valence-electron chi connectivity index (χ2n) is 7.60. The van der Waals surface area contributed by atoms with Gasteiger partial charge < -0.3 is 15.1 Å². The molecule has 1 saturated heterocycles. The third kappa shape index (κ3) is 4.70. The molecule has 32 heavy (non-hydrogen) atoms. The molecule has 0 aliphatic carbocycles. The highest BCUT2D eigenvalue weighted by atomic mass is 32.1. The Morgan fingerprint density at radius 2 is 1.84 bits per heavy atom. The third-order valence-electron chi connectivity index (χ3n) is 5.22. The summed E-state index contributed by atoms with van der Waals surface area (Å²) >= 11 is 1.27. The van der Waals surface area contributed by atoms with Crippen LogP contribution in [0.25, 0.3) is 10.6 Å². The first kappa shape index (κ1) is 21.7. The Morgan fingerprint density at radius 3 is 2.56 bits per heavy atom. The Morgan fingerprint density at radius 1 is 1.09 bits per heavy atom. The number of carbonyl (C=O) groups excluding carboxylic acids is 2. The summed E-state index contributed by atoms with van der Waals surface area (Å²) in [5.41, 5.74) is 2.06. The van der Waals surface area contributed by atoms with Gasteiger partial charge in [-0.3, -0.25) is 10.1 Å². The Kier molecular flexibility index (Phi) is 6.31. The number of hydrogen-bond acceptors (Lipinski definition) is 6. The number of carbonyl (C=O) groups is 2. The zero-order chi connectivity index (χ0) is 22.7. The van der Waals surface area contributed by atoms with Crippen LogP contribution in [0.5, 0.6) is 0 Å². The molecule has 1 unspecified atom stereocenters. The monoisotopic (exact) mass is 454 g/mol. The van der Waals surface area contributed by atoms with Gasteiger partial charge in [-0.1, -0.05) is 23.5 Å². The average molecular weight is 455 g/mol. The number of urea groups is 1. The molecule has 2 aromatic carbocycles. The fourth-order valence-electron chi connectivity index (χ4n) is 3.51. The van der Waals surface area contributed by atoms with Crippen LogP contribution in [0.15, 0.2) is 48.5 Å². The van der Waals surface area contributed by atoms with Gasteiger partial charge in [0.05, 0.1) is 5.69 Å². The van der Waals surface area contributed by atoms with Gasteiger partial charge in [0.2, 0.25) is 11.0 Å². The summed E-state index contributed by atoms with van der Waals surface area (Å²) in [6.07, 6.45) is 1.20. The van der Waals surface area contributed by atoms with Crippen molar-refractivity contribution in [1.29, 1.82) is 0 Å². The Hall–Kier alpha value is -3.53. The normalized spacial score (nSPS) is 15.5. The maximum Gasteiger partial charge on any atom is 0.322 e. The molecule has 3 aromatic rings. The lowest BCUT2D eigenvalue weighted by atomic mass is 10.2. The SMILES string of the molecule is CN(C)c1ccc(-c2nnc(NC(=O)C3CCCN3C(=O)Nc3ccccc3F)s2)cc1. The van der Waals surface area contributed by atoms with Crippen LogP contribution in [-0.2, 0) is 4.79 Å². The number of likely N-dealkylation sites (tertiary alicyclic amines) is 1. The number of aromatic nitrogens is 2. The maximum absolute atomic E-state index is 13.9. The van der Waals surface area contributed by atoms with Crippen molar-refractivity contribution in [1.82, 2.24) is 15.1 Å². The number of para-hydroxylation sites is 1. The van der Waals surface area contributed by atoms with Crippen molar-refractivity contribution in [2.24, 2.45) is 0 Å². The van der Waals surface area contributed by atoms with E-state index in [0.717, 1.165) is 11.3 Å². The van der Waals surface area contributed by atoms with E-state index in [4.69, 9.17) is 0 Å². The smallest absolute Gasteiger partial charge is 0.322 e. The van der Waals surface area contributed by atoms with Crippen molar-refractivity contribution in [3.63, 3.8) is 0 Å². The average Bonchev–Trinajstić information content (AvgIpc) is 3.45. The van der Waals surface area contributed by atoms with Crippen LogP contribution in [-0.4, -0.2) is 53.7 Å². The molecular weight excluding hydrogens is 431 g/mol. The van der Waals surface area contributed by atoms with Crippen molar-refractivity contribution in [2.45, 2.75) is 18.9 Å². The molecule has 1 fully saturated rings. The number of benzene rings is 2. The molecular formula is C22H23FN6O2S. The van der Waals surface area contributed by atoms with Crippen LogP contribution in [0.3, 0.4) is 0 Å². The molecule has 2 heterocycles. The first-order chi connectivity index (χ1) is 15.4. The highest BCUT2D eigenvalue weighted by Crippen LogP contribution is 2.29. The molecule has 0 spiro atoms. The molecule has 2 N–H and O–H groups in total. The number of nitrogens with zero attached hydrogens (tertiary/aromatic N) is 4. The zero-order valence-electron chi connectivity index (χ0n) is 17.7. The third-order valence-corrected chi connectivity index (χ3v) is 6.11. The van der Waals surface area contributed by atoms with Gasteiger partial charge in [-0.2, -0.15) is 0 Å². The van der Waals surface area contributed by atoms with Gasteiger partial charge in [0.1, 0.15) is 16.9 Å². The molecule has 10 heteroatoms. The zero-order valence-corrected chi connectivity index (χ0v) is 18.5. The van der Waals surface area contributed by atoms with Gasteiger partial charge >= 0.3 is 6.03 Å². The summed E-state index contributed by atoms with van der Waals surface area (Å²) in [5.74, 6) is -0.863. The van der Waals surface area contributed by atoms with E-state index in [1.54, 1.807) is 12.1 Å².